The van der Waals surface area contributed by atoms with Crippen LogP contribution in [0, 0.1) is 0 Å². The summed E-state index contributed by atoms with van der Waals surface area (Å²) in [6, 6.07) is 10.9. The van der Waals surface area contributed by atoms with E-state index in [2.05, 4.69) is 0 Å². The lowest BCUT2D eigenvalue weighted by Crippen LogP contribution is -2.43. The van der Waals surface area contributed by atoms with Gasteiger partial charge in [-0.25, -0.2) is 8.42 Å². The summed E-state index contributed by atoms with van der Waals surface area (Å²) in [7, 11) is -3.27. The zero-order chi connectivity index (χ0) is 19.3. The monoisotopic (exact) mass is 391 g/mol. The van der Waals surface area contributed by atoms with E-state index >= 15 is 0 Å². The second-order valence-corrected chi connectivity index (χ2v) is 9.00. The van der Waals surface area contributed by atoms with Crippen LogP contribution in [0.1, 0.15) is 31.1 Å². The molecule has 146 valence electrons. The van der Waals surface area contributed by atoms with Gasteiger partial charge in [-0.05, 0) is 49.6 Å². The third-order valence-electron chi connectivity index (χ3n) is 4.82. The maximum atomic E-state index is 12.5. The van der Waals surface area contributed by atoms with Crippen LogP contribution in [-0.4, -0.2) is 44.2 Å². The molecule has 6 nitrogen and oxygen atoms in total. The van der Waals surface area contributed by atoms with Gasteiger partial charge < -0.3 is 14.1 Å². The Balaban J connectivity index is 1.51. The first-order valence-electron chi connectivity index (χ1n) is 9.21. The minimum atomic E-state index is -3.27. The molecule has 0 bridgehead atoms. The quantitative estimate of drug-likeness (QED) is 0.725. The number of rotatable bonds is 7. The highest BCUT2D eigenvalue weighted by Gasteiger charge is 2.32. The van der Waals surface area contributed by atoms with E-state index in [-0.39, 0.29) is 11.7 Å². The average Bonchev–Trinajstić information content (AvgIpc) is 3.16. The Kier molecular flexibility index (Phi) is 6.21. The van der Waals surface area contributed by atoms with Crippen LogP contribution >= 0.6 is 0 Å². The second kappa shape index (κ2) is 8.61. The molecule has 1 aromatic carbocycles. The van der Waals surface area contributed by atoms with Crippen molar-refractivity contribution in [3.05, 3.63) is 54.0 Å². The lowest BCUT2D eigenvalue weighted by molar-refractivity contribution is -0.131. The van der Waals surface area contributed by atoms with Crippen molar-refractivity contribution in [1.29, 1.82) is 0 Å². The van der Waals surface area contributed by atoms with Crippen LogP contribution in [0.2, 0.25) is 0 Å². The largest absolute Gasteiger partial charge is 0.494 e. The molecule has 2 aromatic rings. The van der Waals surface area contributed by atoms with Crippen LogP contribution in [0.4, 0.5) is 0 Å². The van der Waals surface area contributed by atoms with E-state index in [4.69, 9.17) is 9.15 Å². The number of ether oxygens (including phenoxy) is 1. The van der Waals surface area contributed by atoms with Crippen LogP contribution in [0.3, 0.4) is 0 Å². The molecule has 1 fully saturated rings. The Morgan fingerprint density at radius 1 is 1.19 bits per heavy atom. The van der Waals surface area contributed by atoms with Crippen molar-refractivity contribution in [1.82, 2.24) is 4.90 Å². The molecule has 1 aromatic heterocycles. The summed E-state index contributed by atoms with van der Waals surface area (Å²) in [5.74, 6) is 1.20. The van der Waals surface area contributed by atoms with Crippen molar-refractivity contribution in [2.24, 2.45) is 0 Å². The molecule has 0 unspecified atom stereocenters. The van der Waals surface area contributed by atoms with Crippen molar-refractivity contribution in [2.45, 2.75) is 37.2 Å². The van der Waals surface area contributed by atoms with Gasteiger partial charge in [0.25, 0.3) is 0 Å². The number of nitrogens with zero attached hydrogens (tertiary/aromatic N) is 1. The molecule has 0 spiro atoms. The molecule has 1 saturated heterocycles. The fourth-order valence-corrected chi connectivity index (χ4v) is 5.06. The van der Waals surface area contributed by atoms with Crippen LogP contribution < -0.4 is 4.74 Å². The summed E-state index contributed by atoms with van der Waals surface area (Å²) in [5, 5.41) is -0.419. The minimum absolute atomic E-state index is 0.0287. The summed E-state index contributed by atoms with van der Waals surface area (Å²) >= 11 is 0. The molecule has 0 saturated carbocycles. The van der Waals surface area contributed by atoms with Crippen molar-refractivity contribution < 1.29 is 22.4 Å². The number of carbonyl (C=O) groups excluding carboxylic acids is 1. The first kappa shape index (κ1) is 19.5. The topological polar surface area (TPSA) is 76.8 Å². The molecule has 27 heavy (non-hydrogen) atoms. The molecule has 0 radical (unpaired) electrons. The number of sulfone groups is 1. The summed E-state index contributed by atoms with van der Waals surface area (Å²) in [6.07, 6.45) is 2.74. The third kappa shape index (κ3) is 5.13. The minimum Gasteiger partial charge on any atom is -0.494 e. The Labute approximate surface area is 160 Å². The number of benzene rings is 1. The van der Waals surface area contributed by atoms with Crippen LogP contribution in [-0.2, 0) is 26.8 Å². The Hall–Kier alpha value is -2.28. The van der Waals surface area contributed by atoms with Crippen LogP contribution in [0.5, 0.6) is 5.75 Å². The maximum absolute atomic E-state index is 12.5. The molecular formula is C20H25NO5S. The third-order valence-corrected chi connectivity index (χ3v) is 6.99. The summed E-state index contributed by atoms with van der Waals surface area (Å²) < 4.78 is 35.6. The lowest BCUT2D eigenvalue weighted by atomic mass is 10.1. The number of piperidine rings is 1. The highest BCUT2D eigenvalue weighted by molar-refractivity contribution is 7.91. The molecule has 1 aliphatic heterocycles. The molecule has 1 amide bonds. The number of carbonyl (C=O) groups is 1. The molecule has 2 heterocycles. The Bertz CT molecular complexity index is 835. The SMILES string of the molecule is CCOc1ccc(CC(=O)N2CCC(S(=O)(=O)Cc3ccco3)CC2)cc1. The molecule has 3 rings (SSSR count). The van der Waals surface area contributed by atoms with Crippen molar-refractivity contribution in [3.8, 4) is 5.75 Å². The predicted molar refractivity (Wildman–Crippen MR) is 102 cm³/mol. The lowest BCUT2D eigenvalue weighted by Gasteiger charge is -2.31. The van der Waals surface area contributed by atoms with Gasteiger partial charge in [-0.15, -0.1) is 0 Å². The number of hydrogen-bond donors (Lipinski definition) is 0. The van der Waals surface area contributed by atoms with Gasteiger partial charge in [0.15, 0.2) is 9.84 Å². The predicted octanol–water partition coefficient (Wildman–Crippen LogP) is 2.83. The van der Waals surface area contributed by atoms with E-state index in [1.807, 2.05) is 31.2 Å². The van der Waals surface area contributed by atoms with E-state index < -0.39 is 15.1 Å². The first-order chi connectivity index (χ1) is 13.0. The van der Waals surface area contributed by atoms with E-state index in [1.165, 1.54) is 6.26 Å². The van der Waals surface area contributed by atoms with Gasteiger partial charge in [-0.1, -0.05) is 12.1 Å². The molecular weight excluding hydrogens is 366 g/mol. The Morgan fingerprint density at radius 3 is 2.48 bits per heavy atom. The van der Waals surface area contributed by atoms with Gasteiger partial charge >= 0.3 is 0 Å². The summed E-state index contributed by atoms with van der Waals surface area (Å²) in [4.78, 5) is 14.3. The standard InChI is InChI=1S/C20H25NO5S/c1-2-25-17-7-5-16(6-8-17)14-20(22)21-11-9-19(10-12-21)27(23,24)15-18-4-3-13-26-18/h3-8,13,19H,2,9-12,14-15H2,1H3. The zero-order valence-electron chi connectivity index (χ0n) is 15.5. The molecule has 0 N–H and O–H groups in total. The van der Waals surface area contributed by atoms with Gasteiger partial charge in [-0.2, -0.15) is 0 Å². The van der Waals surface area contributed by atoms with Gasteiger partial charge in [0.1, 0.15) is 17.3 Å². The van der Waals surface area contributed by atoms with Gasteiger partial charge in [0, 0.05) is 13.1 Å². The van der Waals surface area contributed by atoms with Crippen molar-refractivity contribution in [3.63, 3.8) is 0 Å². The highest BCUT2D eigenvalue weighted by Crippen LogP contribution is 2.22. The smallest absolute Gasteiger partial charge is 0.226 e. The van der Waals surface area contributed by atoms with E-state index in [1.54, 1.807) is 17.0 Å². The normalized spacial score (nSPS) is 15.7. The number of furan rings is 1. The van der Waals surface area contributed by atoms with Crippen LogP contribution in [0.25, 0.3) is 0 Å². The van der Waals surface area contributed by atoms with Gasteiger partial charge in [0.2, 0.25) is 5.91 Å². The van der Waals surface area contributed by atoms with Gasteiger partial charge in [0.05, 0.1) is 24.5 Å². The average molecular weight is 391 g/mol. The number of hydrogen-bond acceptors (Lipinski definition) is 5. The number of amides is 1. The molecule has 0 atom stereocenters. The molecule has 7 heteroatoms. The van der Waals surface area contributed by atoms with Gasteiger partial charge in [-0.3, -0.25) is 4.79 Å². The summed E-state index contributed by atoms with van der Waals surface area (Å²) in [6.45, 7) is 3.47. The van der Waals surface area contributed by atoms with E-state index in [0.717, 1.165) is 11.3 Å². The first-order valence-corrected chi connectivity index (χ1v) is 10.9. The highest BCUT2D eigenvalue weighted by atomic mass is 32.2. The fourth-order valence-electron chi connectivity index (χ4n) is 3.33. The molecule has 0 aliphatic carbocycles. The van der Waals surface area contributed by atoms with E-state index in [9.17, 15) is 13.2 Å². The van der Waals surface area contributed by atoms with Crippen molar-refractivity contribution in [2.75, 3.05) is 19.7 Å². The second-order valence-electron chi connectivity index (χ2n) is 6.72. The van der Waals surface area contributed by atoms with Crippen molar-refractivity contribution >= 4 is 15.7 Å². The summed E-state index contributed by atoms with van der Waals surface area (Å²) in [5.41, 5.74) is 0.927. The van der Waals surface area contributed by atoms with Crippen LogP contribution in [0.15, 0.2) is 47.1 Å². The van der Waals surface area contributed by atoms with E-state index in [0.29, 0.717) is 44.7 Å². The number of likely N-dealkylation sites (tertiary alicyclic amines) is 1. The fraction of sp³-hybridized carbons (Fsp3) is 0.450. The zero-order valence-corrected chi connectivity index (χ0v) is 16.3. The molecule has 1 aliphatic rings. The maximum Gasteiger partial charge on any atom is 0.226 e. The Morgan fingerprint density at radius 2 is 1.89 bits per heavy atom.